The van der Waals surface area contributed by atoms with Crippen molar-refractivity contribution in [3.63, 3.8) is 0 Å². The van der Waals surface area contributed by atoms with Crippen LogP contribution in [0.3, 0.4) is 0 Å². The number of hydrogen-bond acceptors (Lipinski definition) is 4. The fourth-order valence-electron chi connectivity index (χ4n) is 2.57. The molecule has 0 fully saturated rings. The Hall–Kier alpha value is -2.08. The number of ether oxygens (including phenoxy) is 1. The third-order valence-electron chi connectivity index (χ3n) is 3.78. The summed E-state index contributed by atoms with van der Waals surface area (Å²) in [6.07, 6.45) is 1.11. The van der Waals surface area contributed by atoms with Crippen molar-refractivity contribution >= 4 is 17.2 Å². The maximum Gasteiger partial charge on any atom is 0.307 e. The van der Waals surface area contributed by atoms with Gasteiger partial charge in [0.1, 0.15) is 11.9 Å². The number of hydrogen-bond donors (Lipinski definition) is 1. The van der Waals surface area contributed by atoms with E-state index in [0.29, 0.717) is 19.5 Å². The van der Waals surface area contributed by atoms with Crippen molar-refractivity contribution in [1.82, 2.24) is 9.88 Å². The number of aromatic nitrogens is 1. The van der Waals surface area contributed by atoms with Gasteiger partial charge in [0, 0.05) is 30.5 Å². The van der Waals surface area contributed by atoms with Crippen molar-refractivity contribution in [2.45, 2.75) is 32.4 Å². The quantitative estimate of drug-likeness (QED) is 0.913. The second kappa shape index (κ2) is 6.36. The number of fused-ring (bicyclic) bond motifs is 1. The van der Waals surface area contributed by atoms with Gasteiger partial charge in [0.25, 0.3) is 0 Å². The van der Waals surface area contributed by atoms with Crippen LogP contribution in [0.15, 0.2) is 34.4 Å². The smallest absolute Gasteiger partial charge is 0.307 e. The van der Waals surface area contributed by atoms with E-state index in [0.717, 1.165) is 17.9 Å². The molecule has 116 valence electrons. The van der Waals surface area contributed by atoms with Gasteiger partial charge in [-0.05, 0) is 18.6 Å². The van der Waals surface area contributed by atoms with Crippen LogP contribution in [0.25, 0.3) is 0 Å². The van der Waals surface area contributed by atoms with E-state index in [2.05, 4.69) is 5.32 Å². The number of carbonyl (C=O) groups excluding carboxylic acids is 1. The van der Waals surface area contributed by atoms with Crippen LogP contribution >= 0.6 is 11.3 Å². The second-order valence-corrected chi connectivity index (χ2v) is 6.22. The Kier molecular flexibility index (Phi) is 4.29. The van der Waals surface area contributed by atoms with Crippen LogP contribution in [0.5, 0.6) is 5.75 Å². The maximum absolute atomic E-state index is 11.9. The molecule has 0 unspecified atom stereocenters. The van der Waals surface area contributed by atoms with Crippen LogP contribution in [-0.2, 0) is 17.8 Å². The Morgan fingerprint density at radius 1 is 1.45 bits per heavy atom. The van der Waals surface area contributed by atoms with Crippen LogP contribution in [0, 0.1) is 6.92 Å². The number of nitrogens with zero attached hydrogens (tertiary/aromatic N) is 1. The van der Waals surface area contributed by atoms with Gasteiger partial charge in [-0.25, -0.2) is 0 Å². The SMILES string of the molecule is Cc1csc(=O)n1CCC(=O)NC[C@@H]1Cc2ccccc2O1. The van der Waals surface area contributed by atoms with E-state index in [-0.39, 0.29) is 16.9 Å². The number of carbonyl (C=O) groups is 1. The highest BCUT2D eigenvalue weighted by molar-refractivity contribution is 7.07. The van der Waals surface area contributed by atoms with E-state index in [1.54, 1.807) is 4.57 Å². The summed E-state index contributed by atoms with van der Waals surface area (Å²) in [6, 6.07) is 7.93. The van der Waals surface area contributed by atoms with Gasteiger partial charge in [-0.15, -0.1) is 0 Å². The van der Waals surface area contributed by atoms with Gasteiger partial charge in [0.05, 0.1) is 6.54 Å². The summed E-state index contributed by atoms with van der Waals surface area (Å²) >= 11 is 1.17. The molecule has 1 aliphatic heterocycles. The van der Waals surface area contributed by atoms with Crippen molar-refractivity contribution < 1.29 is 9.53 Å². The lowest BCUT2D eigenvalue weighted by atomic mass is 10.1. The zero-order valence-electron chi connectivity index (χ0n) is 12.4. The molecule has 6 heteroatoms. The molecule has 2 aromatic rings. The predicted octanol–water partition coefficient (Wildman–Crippen LogP) is 1.73. The van der Waals surface area contributed by atoms with Crippen LogP contribution in [0.4, 0.5) is 0 Å². The standard InChI is InChI=1S/C16H18N2O3S/c1-11-10-22-16(20)18(11)7-6-15(19)17-9-13-8-12-4-2-3-5-14(12)21-13/h2-5,10,13H,6-9H2,1H3,(H,17,19)/t13-/m0/s1. The average Bonchev–Trinajstić information content (AvgIpc) is 3.07. The Morgan fingerprint density at radius 2 is 2.27 bits per heavy atom. The first-order chi connectivity index (χ1) is 10.6. The maximum atomic E-state index is 11.9. The number of rotatable bonds is 5. The highest BCUT2D eigenvalue weighted by Gasteiger charge is 2.22. The predicted molar refractivity (Wildman–Crippen MR) is 85.5 cm³/mol. The summed E-state index contributed by atoms with van der Waals surface area (Å²) < 4.78 is 7.41. The van der Waals surface area contributed by atoms with Crippen molar-refractivity contribution in [3.05, 3.63) is 50.6 Å². The zero-order valence-corrected chi connectivity index (χ0v) is 13.2. The summed E-state index contributed by atoms with van der Waals surface area (Å²) in [5.74, 6) is 0.847. The molecule has 1 N–H and O–H groups in total. The van der Waals surface area contributed by atoms with E-state index in [4.69, 9.17) is 4.74 Å². The van der Waals surface area contributed by atoms with Crippen LogP contribution in [-0.4, -0.2) is 23.1 Å². The summed E-state index contributed by atoms with van der Waals surface area (Å²) in [4.78, 5) is 23.5. The topological polar surface area (TPSA) is 60.3 Å². The summed E-state index contributed by atoms with van der Waals surface area (Å²) in [5.41, 5.74) is 2.08. The Bertz CT molecular complexity index is 710. The number of benzene rings is 1. The molecule has 3 rings (SSSR count). The summed E-state index contributed by atoms with van der Waals surface area (Å²) in [6.45, 7) is 2.79. The average molecular weight is 318 g/mol. The third kappa shape index (κ3) is 3.22. The Labute approximate surface area is 132 Å². The molecule has 0 saturated heterocycles. The van der Waals surface area contributed by atoms with Crippen molar-refractivity contribution in [3.8, 4) is 5.75 Å². The summed E-state index contributed by atoms with van der Waals surface area (Å²) in [5, 5.41) is 4.69. The normalized spacial score (nSPS) is 16.1. The number of thiazole rings is 1. The largest absolute Gasteiger partial charge is 0.488 e. The zero-order chi connectivity index (χ0) is 15.5. The molecule has 0 aliphatic carbocycles. The summed E-state index contributed by atoms with van der Waals surface area (Å²) in [7, 11) is 0. The number of para-hydroxylation sites is 1. The van der Waals surface area contributed by atoms with Crippen LogP contribution < -0.4 is 14.9 Å². The lowest BCUT2D eigenvalue weighted by molar-refractivity contribution is -0.121. The minimum Gasteiger partial charge on any atom is -0.488 e. The molecule has 22 heavy (non-hydrogen) atoms. The van der Waals surface area contributed by atoms with Crippen molar-refractivity contribution in [2.24, 2.45) is 0 Å². The van der Waals surface area contributed by atoms with E-state index in [1.807, 2.05) is 36.6 Å². The minimum absolute atomic E-state index is 0.00745. The molecule has 1 atom stereocenters. The fourth-order valence-corrected chi connectivity index (χ4v) is 3.33. The first kappa shape index (κ1) is 14.8. The van der Waals surface area contributed by atoms with E-state index in [1.165, 1.54) is 16.9 Å². The Morgan fingerprint density at radius 3 is 3.00 bits per heavy atom. The van der Waals surface area contributed by atoms with E-state index >= 15 is 0 Å². The van der Waals surface area contributed by atoms with Crippen molar-refractivity contribution in [2.75, 3.05) is 6.54 Å². The third-order valence-corrected chi connectivity index (χ3v) is 4.66. The van der Waals surface area contributed by atoms with Gasteiger partial charge in [-0.2, -0.15) is 0 Å². The van der Waals surface area contributed by atoms with Crippen LogP contribution in [0.1, 0.15) is 17.7 Å². The first-order valence-corrected chi connectivity index (χ1v) is 8.17. The lowest BCUT2D eigenvalue weighted by Gasteiger charge is -2.12. The molecule has 1 aromatic carbocycles. The fraction of sp³-hybridized carbons (Fsp3) is 0.375. The number of nitrogens with one attached hydrogen (secondary N) is 1. The molecule has 2 heterocycles. The van der Waals surface area contributed by atoms with Gasteiger partial charge < -0.3 is 14.6 Å². The second-order valence-electron chi connectivity index (χ2n) is 5.40. The van der Waals surface area contributed by atoms with Gasteiger partial charge >= 0.3 is 4.87 Å². The van der Waals surface area contributed by atoms with Gasteiger partial charge in [-0.3, -0.25) is 9.59 Å². The first-order valence-electron chi connectivity index (χ1n) is 7.29. The van der Waals surface area contributed by atoms with Crippen molar-refractivity contribution in [1.29, 1.82) is 0 Å². The van der Waals surface area contributed by atoms with Crippen LogP contribution in [0.2, 0.25) is 0 Å². The number of aryl methyl sites for hydroxylation is 1. The Balaban J connectivity index is 1.45. The van der Waals surface area contributed by atoms with E-state index in [9.17, 15) is 9.59 Å². The highest BCUT2D eigenvalue weighted by Crippen LogP contribution is 2.27. The minimum atomic E-state index is -0.0583. The molecule has 0 saturated carbocycles. The molecule has 0 spiro atoms. The van der Waals surface area contributed by atoms with Gasteiger partial charge in [-0.1, -0.05) is 29.5 Å². The lowest BCUT2D eigenvalue weighted by Crippen LogP contribution is -2.35. The molecule has 0 radical (unpaired) electrons. The molecule has 1 aromatic heterocycles. The molecule has 1 aliphatic rings. The molecular formula is C16H18N2O3S. The van der Waals surface area contributed by atoms with Gasteiger partial charge in [0.2, 0.25) is 5.91 Å². The number of amides is 1. The molecule has 0 bridgehead atoms. The monoisotopic (exact) mass is 318 g/mol. The van der Waals surface area contributed by atoms with E-state index < -0.39 is 0 Å². The molecular weight excluding hydrogens is 300 g/mol. The highest BCUT2D eigenvalue weighted by atomic mass is 32.1. The molecule has 1 amide bonds. The molecule has 5 nitrogen and oxygen atoms in total. The van der Waals surface area contributed by atoms with Gasteiger partial charge in [0.15, 0.2) is 0 Å².